The Balaban J connectivity index is 1.90. The highest BCUT2D eigenvalue weighted by molar-refractivity contribution is 6.30. The predicted molar refractivity (Wildman–Crippen MR) is 82.0 cm³/mol. The Bertz CT molecular complexity index is 527. The molecule has 2 rings (SSSR count). The zero-order chi connectivity index (χ0) is 15.4. The summed E-state index contributed by atoms with van der Waals surface area (Å²) in [5, 5.41) is 0.641. The largest absolute Gasteiger partial charge is 0.339 e. The molecule has 0 aromatic heterocycles. The van der Waals surface area contributed by atoms with E-state index in [0.717, 1.165) is 5.56 Å². The molecule has 1 aliphatic rings. The van der Waals surface area contributed by atoms with E-state index in [9.17, 15) is 9.59 Å². The first kappa shape index (κ1) is 15.8. The summed E-state index contributed by atoms with van der Waals surface area (Å²) in [6, 6.07) is 6.79. The van der Waals surface area contributed by atoms with Gasteiger partial charge in [-0.2, -0.15) is 0 Å². The molecule has 21 heavy (non-hydrogen) atoms. The number of carbonyl (C=O) groups is 2. The molecule has 1 heterocycles. The van der Waals surface area contributed by atoms with Gasteiger partial charge >= 0.3 is 0 Å². The van der Waals surface area contributed by atoms with Crippen LogP contribution in [-0.4, -0.2) is 53.8 Å². The summed E-state index contributed by atoms with van der Waals surface area (Å²) in [5.41, 5.74) is 6.96. The van der Waals surface area contributed by atoms with Crippen LogP contribution in [0.4, 0.5) is 0 Å². The lowest BCUT2D eigenvalue weighted by atomic mass is 10.1. The second-order valence-electron chi connectivity index (χ2n) is 5.27. The Hall–Kier alpha value is -1.59. The zero-order valence-electron chi connectivity index (χ0n) is 12.1. The van der Waals surface area contributed by atoms with Crippen molar-refractivity contribution in [2.75, 3.05) is 26.2 Å². The van der Waals surface area contributed by atoms with Gasteiger partial charge in [-0.05, 0) is 24.1 Å². The molecule has 0 radical (unpaired) electrons. The van der Waals surface area contributed by atoms with Gasteiger partial charge in [-0.15, -0.1) is 0 Å². The summed E-state index contributed by atoms with van der Waals surface area (Å²) >= 11 is 5.93. The number of piperazine rings is 1. The Labute approximate surface area is 129 Å². The summed E-state index contributed by atoms with van der Waals surface area (Å²) in [6.07, 6.45) is 0.465. The normalized spacial score (nSPS) is 16.7. The molecule has 0 aliphatic carbocycles. The van der Waals surface area contributed by atoms with Gasteiger partial charge in [-0.1, -0.05) is 23.7 Å². The van der Waals surface area contributed by atoms with E-state index in [0.29, 0.717) is 37.6 Å². The number of hydrogen-bond acceptors (Lipinski definition) is 3. The summed E-state index contributed by atoms with van der Waals surface area (Å²) in [7, 11) is 0. The van der Waals surface area contributed by atoms with Gasteiger partial charge < -0.3 is 15.5 Å². The highest BCUT2D eigenvalue weighted by Crippen LogP contribution is 2.13. The van der Waals surface area contributed by atoms with Crippen LogP contribution in [0.3, 0.4) is 0 Å². The number of hydrogen-bond donors (Lipinski definition) is 1. The van der Waals surface area contributed by atoms with Crippen LogP contribution < -0.4 is 5.73 Å². The number of amides is 2. The van der Waals surface area contributed by atoms with Gasteiger partial charge in [0, 0.05) is 38.1 Å². The van der Waals surface area contributed by atoms with Gasteiger partial charge in [-0.25, -0.2) is 0 Å². The molecule has 1 aromatic rings. The zero-order valence-corrected chi connectivity index (χ0v) is 12.8. The fourth-order valence-electron chi connectivity index (χ4n) is 2.48. The molecule has 0 bridgehead atoms. The third kappa shape index (κ3) is 4.19. The second-order valence-corrected chi connectivity index (χ2v) is 5.71. The van der Waals surface area contributed by atoms with Gasteiger partial charge in [0.2, 0.25) is 11.8 Å². The third-order valence-electron chi connectivity index (χ3n) is 3.70. The SMILES string of the molecule is CC(=O)N1CCN(C(=O)[C@@H](N)Cc2cccc(Cl)c2)CC1. The third-order valence-corrected chi connectivity index (χ3v) is 3.93. The number of nitrogens with two attached hydrogens (primary N) is 1. The lowest BCUT2D eigenvalue weighted by molar-refractivity contribution is -0.139. The van der Waals surface area contributed by atoms with E-state index >= 15 is 0 Å². The van der Waals surface area contributed by atoms with Crippen molar-refractivity contribution in [3.8, 4) is 0 Å². The average Bonchev–Trinajstić information content (AvgIpc) is 2.46. The van der Waals surface area contributed by atoms with E-state index in [1.165, 1.54) is 0 Å². The maximum Gasteiger partial charge on any atom is 0.239 e. The monoisotopic (exact) mass is 309 g/mol. The van der Waals surface area contributed by atoms with Crippen LogP contribution in [0.15, 0.2) is 24.3 Å². The molecule has 1 saturated heterocycles. The van der Waals surface area contributed by atoms with Crippen LogP contribution in [0.5, 0.6) is 0 Å². The molecule has 1 aliphatic heterocycles. The Kier molecular flexibility index (Phi) is 5.20. The average molecular weight is 310 g/mol. The van der Waals surface area contributed by atoms with Gasteiger partial charge in [0.1, 0.15) is 0 Å². The van der Waals surface area contributed by atoms with Crippen LogP contribution in [0, 0.1) is 0 Å². The molecule has 1 fully saturated rings. The molecule has 5 nitrogen and oxygen atoms in total. The van der Waals surface area contributed by atoms with Crippen molar-refractivity contribution in [1.29, 1.82) is 0 Å². The minimum atomic E-state index is -0.577. The van der Waals surface area contributed by atoms with E-state index < -0.39 is 6.04 Å². The molecule has 0 saturated carbocycles. The van der Waals surface area contributed by atoms with E-state index in [4.69, 9.17) is 17.3 Å². The first-order chi connectivity index (χ1) is 9.97. The number of rotatable bonds is 3. The first-order valence-electron chi connectivity index (χ1n) is 7.01. The molecule has 0 unspecified atom stereocenters. The summed E-state index contributed by atoms with van der Waals surface area (Å²) in [4.78, 5) is 27.1. The first-order valence-corrected chi connectivity index (χ1v) is 7.39. The summed E-state index contributed by atoms with van der Waals surface area (Å²) in [6.45, 7) is 3.78. The van der Waals surface area contributed by atoms with Crippen molar-refractivity contribution in [3.05, 3.63) is 34.9 Å². The number of halogens is 1. The molecule has 2 N–H and O–H groups in total. The number of nitrogens with zero attached hydrogens (tertiary/aromatic N) is 2. The van der Waals surface area contributed by atoms with E-state index in [1.54, 1.807) is 22.8 Å². The number of carbonyl (C=O) groups excluding carboxylic acids is 2. The van der Waals surface area contributed by atoms with Crippen molar-refractivity contribution >= 4 is 23.4 Å². The molecular weight excluding hydrogens is 290 g/mol. The molecule has 2 amide bonds. The van der Waals surface area contributed by atoms with E-state index in [2.05, 4.69) is 0 Å². The fraction of sp³-hybridized carbons (Fsp3) is 0.467. The molecule has 1 atom stereocenters. The van der Waals surface area contributed by atoms with Gasteiger partial charge in [0.15, 0.2) is 0 Å². The summed E-state index contributed by atoms with van der Waals surface area (Å²) in [5.74, 6) is -0.0245. The second kappa shape index (κ2) is 6.91. The highest BCUT2D eigenvalue weighted by atomic mass is 35.5. The van der Waals surface area contributed by atoms with Crippen molar-refractivity contribution in [1.82, 2.24) is 9.80 Å². The maximum absolute atomic E-state index is 12.3. The lowest BCUT2D eigenvalue weighted by Crippen LogP contribution is -2.54. The molecular formula is C15H20ClN3O2. The predicted octanol–water partition coefficient (Wildman–Crippen LogP) is 0.901. The quantitative estimate of drug-likeness (QED) is 0.902. The lowest BCUT2D eigenvalue weighted by Gasteiger charge is -2.35. The molecule has 1 aromatic carbocycles. The Morgan fingerprint density at radius 3 is 2.43 bits per heavy atom. The van der Waals surface area contributed by atoms with Crippen LogP contribution in [0.2, 0.25) is 5.02 Å². The van der Waals surface area contributed by atoms with Crippen molar-refractivity contribution in [2.45, 2.75) is 19.4 Å². The van der Waals surface area contributed by atoms with Crippen LogP contribution >= 0.6 is 11.6 Å². The van der Waals surface area contributed by atoms with Crippen molar-refractivity contribution in [3.63, 3.8) is 0 Å². The summed E-state index contributed by atoms with van der Waals surface area (Å²) < 4.78 is 0. The van der Waals surface area contributed by atoms with E-state index in [-0.39, 0.29) is 11.8 Å². The molecule has 114 valence electrons. The smallest absolute Gasteiger partial charge is 0.239 e. The number of benzene rings is 1. The minimum absolute atomic E-state index is 0.0466. The van der Waals surface area contributed by atoms with Crippen LogP contribution in [0.25, 0.3) is 0 Å². The van der Waals surface area contributed by atoms with Crippen LogP contribution in [-0.2, 0) is 16.0 Å². The fourth-order valence-corrected chi connectivity index (χ4v) is 2.69. The highest BCUT2D eigenvalue weighted by Gasteiger charge is 2.26. The van der Waals surface area contributed by atoms with Gasteiger partial charge in [-0.3, -0.25) is 9.59 Å². The Morgan fingerprint density at radius 1 is 1.24 bits per heavy atom. The van der Waals surface area contributed by atoms with Gasteiger partial charge in [0.05, 0.1) is 6.04 Å². The topological polar surface area (TPSA) is 66.6 Å². The Morgan fingerprint density at radius 2 is 1.86 bits per heavy atom. The van der Waals surface area contributed by atoms with E-state index in [1.807, 2.05) is 18.2 Å². The maximum atomic E-state index is 12.3. The van der Waals surface area contributed by atoms with Crippen molar-refractivity contribution in [2.24, 2.45) is 5.73 Å². The van der Waals surface area contributed by atoms with Crippen LogP contribution in [0.1, 0.15) is 12.5 Å². The molecule has 0 spiro atoms. The van der Waals surface area contributed by atoms with Crippen molar-refractivity contribution < 1.29 is 9.59 Å². The standard InChI is InChI=1S/C15H20ClN3O2/c1-11(20)18-5-7-19(8-6-18)15(21)14(17)10-12-3-2-4-13(16)9-12/h2-4,9,14H,5-8,10,17H2,1H3/t14-/m0/s1. The van der Waals surface area contributed by atoms with Gasteiger partial charge in [0.25, 0.3) is 0 Å². The minimum Gasteiger partial charge on any atom is -0.339 e. The molecule has 6 heteroatoms.